The van der Waals surface area contributed by atoms with Crippen molar-refractivity contribution in [2.45, 2.75) is 25.9 Å². The Bertz CT molecular complexity index is 464. The van der Waals surface area contributed by atoms with E-state index in [-0.39, 0.29) is 18.6 Å². The zero-order valence-corrected chi connectivity index (χ0v) is 11.2. The number of nitrogens with one attached hydrogen (secondary N) is 1. The van der Waals surface area contributed by atoms with Crippen molar-refractivity contribution in [1.82, 2.24) is 5.32 Å². The zero-order valence-electron chi connectivity index (χ0n) is 10.5. The minimum Gasteiger partial charge on any atom is -0.394 e. The van der Waals surface area contributed by atoms with Crippen LogP contribution in [0, 0.1) is 6.92 Å². The van der Waals surface area contributed by atoms with Gasteiger partial charge in [0.25, 0.3) is 0 Å². The second kappa shape index (κ2) is 5.16. The topological polar surface area (TPSA) is 52.6 Å². The molecule has 0 radical (unpaired) electrons. The van der Waals surface area contributed by atoms with Crippen LogP contribution in [0.2, 0.25) is 5.02 Å². The number of aliphatic hydroxyl groups excluding tert-OH is 1. The number of halogens is 1. The average Bonchev–Trinajstić information content (AvgIpc) is 2.35. The lowest BCUT2D eigenvalue weighted by Crippen LogP contribution is -2.61. The van der Waals surface area contributed by atoms with Gasteiger partial charge in [-0.3, -0.25) is 4.79 Å². The number of hydrogen-bond donors (Lipinski definition) is 2. The second-order valence-electron chi connectivity index (χ2n) is 4.63. The molecule has 2 atom stereocenters. The molecular formula is C13H17ClN2O2. The molecule has 0 saturated carbocycles. The molecule has 2 unspecified atom stereocenters. The van der Waals surface area contributed by atoms with Crippen molar-refractivity contribution in [3.63, 3.8) is 0 Å². The fourth-order valence-corrected chi connectivity index (χ4v) is 2.42. The Morgan fingerprint density at radius 3 is 2.89 bits per heavy atom. The molecule has 1 aromatic carbocycles. The molecule has 0 aliphatic carbocycles. The van der Waals surface area contributed by atoms with E-state index >= 15 is 0 Å². The molecule has 0 spiro atoms. The number of nitrogens with zero attached hydrogens (tertiary/aromatic N) is 1. The van der Waals surface area contributed by atoms with E-state index in [0.29, 0.717) is 11.6 Å². The smallest absolute Gasteiger partial charge is 0.245 e. The minimum atomic E-state index is -0.549. The molecule has 1 aliphatic rings. The normalized spacial score (nSPS) is 24.0. The molecule has 2 rings (SSSR count). The second-order valence-corrected chi connectivity index (χ2v) is 5.04. The number of amides is 1. The first kappa shape index (κ1) is 13.2. The van der Waals surface area contributed by atoms with Gasteiger partial charge in [0.2, 0.25) is 5.91 Å². The summed E-state index contributed by atoms with van der Waals surface area (Å²) in [6, 6.07) is 5.27. The molecule has 1 saturated heterocycles. The van der Waals surface area contributed by atoms with Crippen molar-refractivity contribution in [3.05, 3.63) is 28.8 Å². The van der Waals surface area contributed by atoms with Gasteiger partial charge in [-0.1, -0.05) is 17.7 Å². The van der Waals surface area contributed by atoms with Crippen molar-refractivity contribution < 1.29 is 9.90 Å². The third-order valence-corrected chi connectivity index (χ3v) is 3.72. The number of rotatable bonds is 2. The molecule has 0 bridgehead atoms. The Morgan fingerprint density at radius 1 is 1.56 bits per heavy atom. The molecule has 1 aromatic rings. The van der Waals surface area contributed by atoms with Crippen LogP contribution in [0.15, 0.2) is 18.2 Å². The monoisotopic (exact) mass is 268 g/mol. The van der Waals surface area contributed by atoms with E-state index in [4.69, 9.17) is 11.6 Å². The highest BCUT2D eigenvalue weighted by Crippen LogP contribution is 2.27. The lowest BCUT2D eigenvalue weighted by atomic mass is 10.1. The first-order valence-electron chi connectivity index (χ1n) is 5.97. The fourth-order valence-electron chi connectivity index (χ4n) is 2.25. The maximum atomic E-state index is 11.8. The molecule has 1 fully saturated rings. The lowest BCUT2D eigenvalue weighted by Gasteiger charge is -2.41. The standard InChI is InChI=1S/C13H17ClN2O2/c1-8-3-4-10(5-11(8)14)16-9(2)6-15-13(18)12(16)7-17/h3-5,9,12,17H,6-7H2,1-2H3,(H,15,18). The van der Waals surface area contributed by atoms with E-state index in [9.17, 15) is 9.90 Å². The first-order chi connectivity index (χ1) is 8.54. The van der Waals surface area contributed by atoms with Crippen LogP contribution in [-0.4, -0.2) is 36.2 Å². The molecule has 1 aliphatic heterocycles. The predicted octanol–water partition coefficient (Wildman–Crippen LogP) is 1.33. The van der Waals surface area contributed by atoms with E-state index < -0.39 is 6.04 Å². The van der Waals surface area contributed by atoms with E-state index in [1.54, 1.807) is 0 Å². The maximum absolute atomic E-state index is 11.8. The number of piperazine rings is 1. The van der Waals surface area contributed by atoms with Crippen molar-refractivity contribution in [2.24, 2.45) is 0 Å². The molecule has 0 aromatic heterocycles. The van der Waals surface area contributed by atoms with Crippen molar-refractivity contribution in [1.29, 1.82) is 0 Å². The van der Waals surface area contributed by atoms with Crippen LogP contribution < -0.4 is 10.2 Å². The predicted molar refractivity (Wildman–Crippen MR) is 72.0 cm³/mol. The average molecular weight is 269 g/mol. The Hall–Kier alpha value is -1.26. The third-order valence-electron chi connectivity index (χ3n) is 3.31. The molecule has 1 amide bonds. The highest BCUT2D eigenvalue weighted by Gasteiger charge is 2.33. The van der Waals surface area contributed by atoms with Gasteiger partial charge in [-0.15, -0.1) is 0 Å². The van der Waals surface area contributed by atoms with E-state index in [0.717, 1.165) is 11.3 Å². The zero-order chi connectivity index (χ0) is 13.3. The largest absolute Gasteiger partial charge is 0.394 e. The summed E-state index contributed by atoms with van der Waals surface area (Å²) < 4.78 is 0. The SMILES string of the molecule is Cc1ccc(N2C(C)CNC(=O)C2CO)cc1Cl. The molecule has 4 nitrogen and oxygen atoms in total. The minimum absolute atomic E-state index is 0.124. The molecule has 2 N–H and O–H groups in total. The highest BCUT2D eigenvalue weighted by molar-refractivity contribution is 6.31. The number of hydrogen-bond acceptors (Lipinski definition) is 3. The number of aliphatic hydroxyl groups is 1. The quantitative estimate of drug-likeness (QED) is 0.851. The van der Waals surface area contributed by atoms with E-state index in [2.05, 4.69) is 5.32 Å². The summed E-state index contributed by atoms with van der Waals surface area (Å²) in [5, 5.41) is 12.9. The van der Waals surface area contributed by atoms with Crippen LogP contribution in [-0.2, 0) is 4.79 Å². The van der Waals surface area contributed by atoms with Gasteiger partial charge in [0, 0.05) is 23.3 Å². The van der Waals surface area contributed by atoms with E-state index in [1.165, 1.54) is 0 Å². The van der Waals surface area contributed by atoms with Crippen LogP contribution in [0.3, 0.4) is 0 Å². The number of carbonyl (C=O) groups excluding carboxylic acids is 1. The van der Waals surface area contributed by atoms with Crippen LogP contribution in [0.25, 0.3) is 0 Å². The Kier molecular flexibility index (Phi) is 3.78. The summed E-state index contributed by atoms with van der Waals surface area (Å²) in [7, 11) is 0. The number of benzene rings is 1. The third kappa shape index (κ3) is 2.31. The van der Waals surface area contributed by atoms with Crippen molar-refractivity contribution in [3.8, 4) is 0 Å². The Balaban J connectivity index is 2.38. The number of aryl methyl sites for hydroxylation is 1. The van der Waals surface area contributed by atoms with Crippen LogP contribution in [0.4, 0.5) is 5.69 Å². The van der Waals surface area contributed by atoms with E-state index in [1.807, 2.05) is 36.9 Å². The van der Waals surface area contributed by atoms with Gasteiger partial charge in [-0.25, -0.2) is 0 Å². The highest BCUT2D eigenvalue weighted by atomic mass is 35.5. The lowest BCUT2D eigenvalue weighted by molar-refractivity contribution is -0.124. The molecule has 5 heteroatoms. The molecule has 18 heavy (non-hydrogen) atoms. The summed E-state index contributed by atoms with van der Waals surface area (Å²) >= 11 is 6.12. The maximum Gasteiger partial charge on any atom is 0.245 e. The van der Waals surface area contributed by atoms with Gasteiger partial charge in [0.05, 0.1) is 6.61 Å². The summed E-state index contributed by atoms with van der Waals surface area (Å²) in [5.41, 5.74) is 1.86. The van der Waals surface area contributed by atoms with Gasteiger partial charge < -0.3 is 15.3 Å². The van der Waals surface area contributed by atoms with Gasteiger partial charge in [0.15, 0.2) is 0 Å². The van der Waals surface area contributed by atoms with Gasteiger partial charge in [0.1, 0.15) is 6.04 Å². The molecular weight excluding hydrogens is 252 g/mol. The van der Waals surface area contributed by atoms with Gasteiger partial charge >= 0.3 is 0 Å². The van der Waals surface area contributed by atoms with Crippen LogP contribution in [0.1, 0.15) is 12.5 Å². The Morgan fingerprint density at radius 2 is 2.28 bits per heavy atom. The fraction of sp³-hybridized carbons (Fsp3) is 0.462. The first-order valence-corrected chi connectivity index (χ1v) is 6.35. The number of carbonyl (C=O) groups is 1. The number of anilines is 1. The van der Waals surface area contributed by atoms with Crippen molar-refractivity contribution in [2.75, 3.05) is 18.1 Å². The summed E-state index contributed by atoms with van der Waals surface area (Å²) in [6.45, 7) is 4.31. The molecule has 98 valence electrons. The molecule has 1 heterocycles. The Labute approximate surface area is 112 Å². The van der Waals surface area contributed by atoms with Gasteiger partial charge in [-0.2, -0.15) is 0 Å². The van der Waals surface area contributed by atoms with Crippen molar-refractivity contribution >= 4 is 23.2 Å². The summed E-state index contributed by atoms with van der Waals surface area (Å²) in [5.74, 6) is -0.146. The van der Waals surface area contributed by atoms with Crippen LogP contribution in [0.5, 0.6) is 0 Å². The van der Waals surface area contributed by atoms with Gasteiger partial charge in [-0.05, 0) is 31.5 Å². The van der Waals surface area contributed by atoms with Crippen LogP contribution >= 0.6 is 11.6 Å². The summed E-state index contributed by atoms with van der Waals surface area (Å²) in [4.78, 5) is 13.7. The summed E-state index contributed by atoms with van der Waals surface area (Å²) in [6.07, 6.45) is 0.